The molecule has 0 spiro atoms. The normalized spacial score (nSPS) is 10.9. The molecule has 1 aromatic heterocycles. The average Bonchev–Trinajstić information content (AvgIpc) is 2.54. The zero-order chi connectivity index (χ0) is 15.7. The van der Waals surface area contributed by atoms with E-state index in [1.807, 2.05) is 25.1 Å². The molecule has 0 fully saturated rings. The van der Waals surface area contributed by atoms with Crippen molar-refractivity contribution in [1.29, 1.82) is 0 Å². The maximum absolute atomic E-state index is 13.1. The van der Waals surface area contributed by atoms with Crippen molar-refractivity contribution >= 4 is 32.6 Å². The van der Waals surface area contributed by atoms with Gasteiger partial charge in [0.15, 0.2) is 5.78 Å². The largest absolute Gasteiger partial charge is 0.293 e. The van der Waals surface area contributed by atoms with Crippen molar-refractivity contribution in [1.82, 2.24) is 4.98 Å². The van der Waals surface area contributed by atoms with Gasteiger partial charge >= 0.3 is 0 Å². The van der Waals surface area contributed by atoms with Crippen molar-refractivity contribution in [2.75, 3.05) is 5.33 Å². The number of pyridine rings is 1. The highest BCUT2D eigenvalue weighted by Crippen LogP contribution is 2.26. The zero-order valence-electron chi connectivity index (χ0n) is 11.9. The number of halogens is 2. The first-order chi connectivity index (χ1) is 10.6. The van der Waals surface area contributed by atoms with E-state index in [1.54, 1.807) is 18.2 Å². The number of carbonyl (C=O) groups is 1. The maximum Gasteiger partial charge on any atom is 0.174 e. The summed E-state index contributed by atoms with van der Waals surface area (Å²) in [5, 5.41) is 1.10. The fourth-order valence-electron chi connectivity index (χ4n) is 2.41. The van der Waals surface area contributed by atoms with Gasteiger partial charge in [-0.3, -0.25) is 4.79 Å². The van der Waals surface area contributed by atoms with E-state index in [2.05, 4.69) is 20.9 Å². The van der Waals surface area contributed by atoms with Crippen LogP contribution in [0.5, 0.6) is 0 Å². The minimum absolute atomic E-state index is 0.00126. The van der Waals surface area contributed by atoms with Gasteiger partial charge in [0.25, 0.3) is 0 Å². The Morgan fingerprint density at radius 3 is 2.55 bits per heavy atom. The second-order valence-corrected chi connectivity index (χ2v) is 5.70. The smallest absolute Gasteiger partial charge is 0.174 e. The van der Waals surface area contributed by atoms with E-state index in [0.717, 1.165) is 22.0 Å². The topological polar surface area (TPSA) is 30.0 Å². The number of hydrogen-bond acceptors (Lipinski definition) is 2. The molecule has 0 saturated carbocycles. The summed E-state index contributed by atoms with van der Waals surface area (Å²) in [5.41, 5.74) is 3.92. The SMILES string of the molecule is Cc1ccc2nc(-c3ccc(F)cc3)cc(C(=O)CBr)c2c1. The molecule has 3 aromatic rings. The number of alkyl halides is 1. The van der Waals surface area contributed by atoms with Crippen LogP contribution >= 0.6 is 15.9 Å². The van der Waals surface area contributed by atoms with Gasteiger partial charge in [0.1, 0.15) is 5.82 Å². The van der Waals surface area contributed by atoms with Crippen molar-refractivity contribution in [2.45, 2.75) is 6.92 Å². The van der Waals surface area contributed by atoms with Crippen LogP contribution in [-0.2, 0) is 0 Å². The minimum atomic E-state index is -0.295. The standard InChI is InChI=1S/C18H13BrFNO/c1-11-2-7-16-14(8-11)15(18(22)10-19)9-17(21-16)12-3-5-13(20)6-4-12/h2-9H,10H2,1H3. The molecule has 0 aliphatic heterocycles. The van der Waals surface area contributed by atoms with E-state index in [-0.39, 0.29) is 16.9 Å². The molecule has 0 aliphatic rings. The van der Waals surface area contributed by atoms with Crippen LogP contribution < -0.4 is 0 Å². The Morgan fingerprint density at radius 2 is 1.86 bits per heavy atom. The lowest BCUT2D eigenvalue weighted by Gasteiger charge is -2.09. The number of hydrogen-bond donors (Lipinski definition) is 0. The van der Waals surface area contributed by atoms with E-state index in [4.69, 9.17) is 0 Å². The van der Waals surface area contributed by atoms with Crippen molar-refractivity contribution < 1.29 is 9.18 Å². The van der Waals surface area contributed by atoms with Gasteiger partial charge in [0.05, 0.1) is 16.5 Å². The first-order valence-electron chi connectivity index (χ1n) is 6.85. The zero-order valence-corrected chi connectivity index (χ0v) is 13.5. The Labute approximate surface area is 136 Å². The molecule has 0 unspecified atom stereocenters. The number of Topliss-reactive ketones (excluding diaryl/α,β-unsaturated/α-hetero) is 1. The Morgan fingerprint density at radius 1 is 1.14 bits per heavy atom. The number of carbonyl (C=O) groups excluding carboxylic acids is 1. The molecule has 22 heavy (non-hydrogen) atoms. The van der Waals surface area contributed by atoms with E-state index >= 15 is 0 Å². The van der Waals surface area contributed by atoms with Crippen LogP contribution in [0.15, 0.2) is 48.5 Å². The van der Waals surface area contributed by atoms with E-state index < -0.39 is 0 Å². The molecule has 0 atom stereocenters. The molecule has 0 amide bonds. The molecule has 0 radical (unpaired) electrons. The number of aryl methyl sites for hydroxylation is 1. The number of nitrogens with zero attached hydrogens (tertiary/aromatic N) is 1. The predicted octanol–water partition coefficient (Wildman–Crippen LogP) is 4.93. The van der Waals surface area contributed by atoms with Crippen LogP contribution in [0.1, 0.15) is 15.9 Å². The van der Waals surface area contributed by atoms with Crippen molar-refractivity contribution in [3.8, 4) is 11.3 Å². The molecule has 1 heterocycles. The highest BCUT2D eigenvalue weighted by Gasteiger charge is 2.13. The molecule has 4 heteroatoms. The number of rotatable bonds is 3. The van der Waals surface area contributed by atoms with Crippen molar-refractivity contribution in [2.24, 2.45) is 0 Å². The van der Waals surface area contributed by atoms with Crippen molar-refractivity contribution in [3.63, 3.8) is 0 Å². The van der Waals surface area contributed by atoms with Crippen LogP contribution in [0.3, 0.4) is 0 Å². The maximum atomic E-state index is 13.1. The summed E-state index contributed by atoms with van der Waals surface area (Å²) < 4.78 is 13.1. The summed E-state index contributed by atoms with van der Waals surface area (Å²) in [5.74, 6) is -0.293. The van der Waals surface area contributed by atoms with Crippen LogP contribution in [0.2, 0.25) is 0 Å². The summed E-state index contributed by atoms with van der Waals surface area (Å²) in [6, 6.07) is 13.7. The van der Waals surface area contributed by atoms with Gasteiger partial charge in [0.2, 0.25) is 0 Å². The Bertz CT molecular complexity index is 859. The van der Waals surface area contributed by atoms with Gasteiger partial charge in [0, 0.05) is 16.5 Å². The van der Waals surface area contributed by atoms with Crippen LogP contribution in [0, 0.1) is 12.7 Å². The van der Waals surface area contributed by atoms with Gasteiger partial charge in [-0.15, -0.1) is 0 Å². The minimum Gasteiger partial charge on any atom is -0.293 e. The Kier molecular flexibility index (Phi) is 4.03. The molecular formula is C18H13BrFNO. The van der Waals surface area contributed by atoms with E-state index in [0.29, 0.717) is 11.3 Å². The first kappa shape index (κ1) is 14.9. The van der Waals surface area contributed by atoms with Gasteiger partial charge in [-0.2, -0.15) is 0 Å². The molecule has 0 bridgehead atoms. The van der Waals surface area contributed by atoms with Gasteiger partial charge in [-0.05, 0) is 49.4 Å². The third kappa shape index (κ3) is 2.79. The van der Waals surface area contributed by atoms with Crippen LogP contribution in [0.25, 0.3) is 22.2 Å². The fourth-order valence-corrected chi connectivity index (χ4v) is 2.71. The molecule has 3 rings (SSSR count). The molecule has 2 nitrogen and oxygen atoms in total. The monoisotopic (exact) mass is 357 g/mol. The van der Waals surface area contributed by atoms with Gasteiger partial charge in [-0.25, -0.2) is 9.37 Å². The predicted molar refractivity (Wildman–Crippen MR) is 90.0 cm³/mol. The molecule has 0 N–H and O–H groups in total. The highest BCUT2D eigenvalue weighted by molar-refractivity contribution is 9.09. The summed E-state index contributed by atoms with van der Waals surface area (Å²) in [7, 11) is 0. The summed E-state index contributed by atoms with van der Waals surface area (Å²) in [6.45, 7) is 1.98. The molecule has 110 valence electrons. The van der Waals surface area contributed by atoms with Crippen molar-refractivity contribution in [3.05, 3.63) is 65.5 Å². The van der Waals surface area contributed by atoms with Crippen LogP contribution in [-0.4, -0.2) is 16.1 Å². The second-order valence-electron chi connectivity index (χ2n) is 5.14. The number of ketones is 1. The highest BCUT2D eigenvalue weighted by atomic mass is 79.9. The fraction of sp³-hybridized carbons (Fsp3) is 0.111. The first-order valence-corrected chi connectivity index (χ1v) is 7.97. The molecular weight excluding hydrogens is 345 g/mol. The number of fused-ring (bicyclic) bond motifs is 1. The Balaban J connectivity index is 2.26. The number of aromatic nitrogens is 1. The molecule has 2 aromatic carbocycles. The van der Waals surface area contributed by atoms with E-state index in [9.17, 15) is 9.18 Å². The average molecular weight is 358 g/mol. The van der Waals surface area contributed by atoms with Crippen LogP contribution in [0.4, 0.5) is 4.39 Å². The Hall–Kier alpha value is -2.07. The quantitative estimate of drug-likeness (QED) is 0.491. The summed E-state index contributed by atoms with van der Waals surface area (Å²) in [6.07, 6.45) is 0. The van der Waals surface area contributed by atoms with Gasteiger partial charge in [-0.1, -0.05) is 27.6 Å². The lowest BCUT2D eigenvalue weighted by Crippen LogP contribution is -2.03. The lowest BCUT2D eigenvalue weighted by atomic mass is 10.0. The third-order valence-electron chi connectivity index (χ3n) is 3.53. The summed E-state index contributed by atoms with van der Waals surface area (Å²) in [4.78, 5) is 16.8. The third-order valence-corrected chi connectivity index (χ3v) is 4.04. The number of benzene rings is 2. The van der Waals surface area contributed by atoms with Gasteiger partial charge < -0.3 is 0 Å². The second kappa shape index (κ2) is 5.97. The van der Waals surface area contributed by atoms with E-state index in [1.165, 1.54) is 12.1 Å². The molecule has 0 aliphatic carbocycles. The summed E-state index contributed by atoms with van der Waals surface area (Å²) >= 11 is 3.23. The molecule has 0 saturated heterocycles. The lowest BCUT2D eigenvalue weighted by molar-refractivity contribution is 0.102.